The highest BCUT2D eigenvalue weighted by Gasteiger charge is 2.06. The summed E-state index contributed by atoms with van der Waals surface area (Å²) in [5.41, 5.74) is 5.16. The summed E-state index contributed by atoms with van der Waals surface area (Å²) in [7, 11) is 0. The Morgan fingerprint density at radius 1 is 0.969 bits per heavy atom. The molecule has 160 valence electrons. The maximum Gasteiger partial charge on any atom is 0.277 e. The lowest BCUT2D eigenvalue weighted by molar-refractivity contribution is -0.123. The van der Waals surface area contributed by atoms with Gasteiger partial charge in [0.15, 0.2) is 6.61 Å². The van der Waals surface area contributed by atoms with Crippen molar-refractivity contribution in [3.63, 3.8) is 0 Å². The molecular weight excluding hydrogens is 517 g/mol. The predicted molar refractivity (Wildman–Crippen MR) is 133 cm³/mol. The van der Waals surface area contributed by atoms with Crippen molar-refractivity contribution in [3.05, 3.63) is 99.8 Å². The molecule has 32 heavy (non-hydrogen) atoms. The first kappa shape index (κ1) is 21.8. The summed E-state index contributed by atoms with van der Waals surface area (Å²) in [5, 5.41) is 4.97. The van der Waals surface area contributed by atoms with Crippen molar-refractivity contribution >= 4 is 45.6 Å². The van der Waals surface area contributed by atoms with Crippen LogP contribution < -0.4 is 14.9 Å². The van der Waals surface area contributed by atoms with Gasteiger partial charge in [-0.15, -0.1) is 0 Å². The number of ether oxygens (including phenoxy) is 2. The summed E-state index contributed by atoms with van der Waals surface area (Å²) in [6.07, 6.45) is 3.28. The molecule has 0 spiro atoms. The Balaban J connectivity index is 1.28. The second-order valence-electron chi connectivity index (χ2n) is 6.88. The lowest BCUT2D eigenvalue weighted by Gasteiger charge is -2.09. The zero-order valence-corrected chi connectivity index (χ0v) is 19.2. The number of halogens is 1. The number of aromatic nitrogens is 1. The third-order valence-electron chi connectivity index (χ3n) is 4.55. The van der Waals surface area contributed by atoms with Gasteiger partial charge in [0.2, 0.25) is 0 Å². The van der Waals surface area contributed by atoms with E-state index in [0.29, 0.717) is 12.4 Å². The van der Waals surface area contributed by atoms with Gasteiger partial charge in [-0.25, -0.2) is 5.43 Å². The molecule has 0 unspecified atom stereocenters. The number of para-hydroxylation sites is 1. The van der Waals surface area contributed by atoms with E-state index in [1.165, 1.54) is 0 Å². The molecule has 0 radical (unpaired) electrons. The van der Waals surface area contributed by atoms with Gasteiger partial charge in [-0.2, -0.15) is 5.10 Å². The lowest BCUT2D eigenvalue weighted by Crippen LogP contribution is -2.24. The van der Waals surface area contributed by atoms with Gasteiger partial charge in [0.25, 0.3) is 5.91 Å². The van der Waals surface area contributed by atoms with Crippen LogP contribution in [-0.2, 0) is 11.4 Å². The van der Waals surface area contributed by atoms with Crippen LogP contribution >= 0.6 is 22.6 Å². The average molecular weight is 537 g/mol. The number of benzene rings is 3. The fourth-order valence-corrected chi connectivity index (χ4v) is 3.69. The molecular formula is C25H20IN3O3. The highest BCUT2D eigenvalue weighted by molar-refractivity contribution is 14.1. The second kappa shape index (κ2) is 10.7. The van der Waals surface area contributed by atoms with E-state index < -0.39 is 0 Å². The van der Waals surface area contributed by atoms with Gasteiger partial charge in [0, 0.05) is 11.6 Å². The maximum absolute atomic E-state index is 12.1. The van der Waals surface area contributed by atoms with Crippen LogP contribution in [0.5, 0.6) is 11.5 Å². The van der Waals surface area contributed by atoms with Gasteiger partial charge in [0.1, 0.15) is 23.6 Å². The van der Waals surface area contributed by atoms with Crippen molar-refractivity contribution < 1.29 is 14.3 Å². The Kier molecular flexibility index (Phi) is 7.29. The molecule has 0 fully saturated rings. The Bertz CT molecular complexity index is 1240. The number of nitrogens with zero attached hydrogens (tertiary/aromatic N) is 2. The molecule has 0 aliphatic carbocycles. The van der Waals surface area contributed by atoms with Crippen LogP contribution in [0.15, 0.2) is 90.2 Å². The molecule has 3 aromatic carbocycles. The zero-order valence-electron chi connectivity index (χ0n) is 17.1. The molecule has 4 aromatic rings. The largest absolute Gasteiger partial charge is 0.488 e. The van der Waals surface area contributed by atoms with E-state index in [-0.39, 0.29) is 12.5 Å². The number of nitrogens with one attached hydrogen (secondary N) is 1. The molecule has 1 N–H and O–H groups in total. The predicted octanol–water partition coefficient (Wildman–Crippen LogP) is 4.95. The van der Waals surface area contributed by atoms with Crippen LogP contribution in [-0.4, -0.2) is 23.7 Å². The third-order valence-corrected chi connectivity index (χ3v) is 5.39. The topological polar surface area (TPSA) is 72.8 Å². The molecule has 0 bridgehead atoms. The fourth-order valence-electron chi connectivity index (χ4n) is 3.00. The van der Waals surface area contributed by atoms with Gasteiger partial charge in [-0.3, -0.25) is 9.78 Å². The molecule has 0 aliphatic heterocycles. The lowest BCUT2D eigenvalue weighted by atomic mass is 10.2. The summed E-state index contributed by atoms with van der Waals surface area (Å²) in [5.74, 6) is 1.00. The van der Waals surface area contributed by atoms with Crippen LogP contribution in [0, 0.1) is 3.57 Å². The minimum Gasteiger partial charge on any atom is -0.488 e. The number of hydrogen-bond acceptors (Lipinski definition) is 5. The molecule has 0 aliphatic rings. The van der Waals surface area contributed by atoms with Crippen LogP contribution in [0.1, 0.15) is 11.1 Å². The number of fused-ring (bicyclic) bond motifs is 1. The van der Waals surface area contributed by atoms with Crippen LogP contribution in [0.3, 0.4) is 0 Å². The molecule has 7 heteroatoms. The number of carbonyl (C=O) groups is 1. The monoisotopic (exact) mass is 537 g/mol. The first-order valence-electron chi connectivity index (χ1n) is 9.94. The molecule has 0 saturated heterocycles. The van der Waals surface area contributed by atoms with Crippen LogP contribution in [0.2, 0.25) is 0 Å². The standard InChI is InChI=1S/C25H20IN3O3/c26-21-14-19(11-12-22(21)31-16-18-6-2-1-3-7-18)15-28-29-24(30)17-32-23-10-4-8-20-9-5-13-27-25(20)23/h1-15H,16-17H2,(H,29,30)/b28-15+. The summed E-state index contributed by atoms with van der Waals surface area (Å²) >= 11 is 2.22. The van der Waals surface area contributed by atoms with Crippen molar-refractivity contribution in [2.24, 2.45) is 5.10 Å². The quantitative estimate of drug-likeness (QED) is 0.196. The molecule has 0 atom stereocenters. The van der Waals surface area contributed by atoms with Gasteiger partial charge in [0.05, 0.1) is 9.78 Å². The Labute approximate surface area is 199 Å². The van der Waals surface area contributed by atoms with E-state index in [1.807, 2.05) is 72.8 Å². The van der Waals surface area contributed by atoms with E-state index in [9.17, 15) is 4.79 Å². The minimum atomic E-state index is -0.355. The highest BCUT2D eigenvalue weighted by Crippen LogP contribution is 2.23. The van der Waals surface area contributed by atoms with E-state index >= 15 is 0 Å². The van der Waals surface area contributed by atoms with E-state index in [4.69, 9.17) is 9.47 Å². The van der Waals surface area contributed by atoms with Crippen molar-refractivity contribution in [1.29, 1.82) is 0 Å². The fraction of sp³-hybridized carbons (Fsp3) is 0.0800. The second-order valence-corrected chi connectivity index (χ2v) is 8.04. The van der Waals surface area contributed by atoms with Crippen molar-refractivity contribution in [2.75, 3.05) is 6.61 Å². The van der Waals surface area contributed by atoms with Gasteiger partial charge >= 0.3 is 0 Å². The number of carbonyl (C=O) groups excluding carboxylic acids is 1. The number of rotatable bonds is 8. The summed E-state index contributed by atoms with van der Waals surface area (Å²) in [6, 6.07) is 25.1. The van der Waals surface area contributed by atoms with Gasteiger partial charge < -0.3 is 9.47 Å². The molecule has 1 amide bonds. The Morgan fingerprint density at radius 3 is 2.66 bits per heavy atom. The zero-order chi connectivity index (χ0) is 22.2. The van der Waals surface area contributed by atoms with Crippen molar-refractivity contribution in [3.8, 4) is 11.5 Å². The molecule has 1 heterocycles. The molecule has 4 rings (SSSR count). The SMILES string of the molecule is O=C(COc1cccc2cccnc12)N/N=C/c1ccc(OCc2ccccc2)c(I)c1. The van der Waals surface area contributed by atoms with E-state index in [2.05, 4.69) is 38.1 Å². The van der Waals surface area contributed by atoms with Gasteiger partial charge in [-0.05, 0) is 64.0 Å². The molecule has 1 aromatic heterocycles. The summed E-state index contributed by atoms with van der Waals surface area (Å²) in [4.78, 5) is 16.4. The highest BCUT2D eigenvalue weighted by atomic mass is 127. The average Bonchev–Trinajstić information content (AvgIpc) is 2.83. The first-order valence-corrected chi connectivity index (χ1v) is 11.0. The number of pyridine rings is 1. The molecule has 6 nitrogen and oxygen atoms in total. The Hall–Kier alpha value is -3.46. The number of hydrazone groups is 1. The smallest absolute Gasteiger partial charge is 0.277 e. The number of amides is 1. The van der Waals surface area contributed by atoms with E-state index in [1.54, 1.807) is 18.5 Å². The normalized spacial score (nSPS) is 10.9. The van der Waals surface area contributed by atoms with Gasteiger partial charge in [-0.1, -0.05) is 48.5 Å². The summed E-state index contributed by atoms with van der Waals surface area (Å²) < 4.78 is 12.5. The van der Waals surface area contributed by atoms with Crippen LogP contribution in [0.25, 0.3) is 10.9 Å². The minimum absolute atomic E-state index is 0.156. The number of hydrogen-bond donors (Lipinski definition) is 1. The van der Waals surface area contributed by atoms with Crippen molar-refractivity contribution in [1.82, 2.24) is 10.4 Å². The maximum atomic E-state index is 12.1. The van der Waals surface area contributed by atoms with Crippen molar-refractivity contribution in [2.45, 2.75) is 6.61 Å². The third kappa shape index (κ3) is 5.82. The summed E-state index contributed by atoms with van der Waals surface area (Å²) in [6.45, 7) is 0.351. The van der Waals surface area contributed by atoms with Crippen LogP contribution in [0.4, 0.5) is 0 Å². The first-order chi connectivity index (χ1) is 15.7. The van der Waals surface area contributed by atoms with E-state index in [0.717, 1.165) is 31.3 Å². The molecule has 0 saturated carbocycles. The Morgan fingerprint density at radius 2 is 1.81 bits per heavy atom.